The van der Waals surface area contributed by atoms with Gasteiger partial charge in [-0.25, -0.2) is 4.98 Å². The van der Waals surface area contributed by atoms with Gasteiger partial charge in [0.2, 0.25) is 0 Å². The number of primary amides is 1. The lowest BCUT2D eigenvalue weighted by molar-refractivity contribution is 0.0996. The summed E-state index contributed by atoms with van der Waals surface area (Å²) in [5.74, 6) is 0.0871. The number of benzene rings is 1. The van der Waals surface area contributed by atoms with Gasteiger partial charge in [0, 0.05) is 11.9 Å². The molecule has 4 nitrogen and oxygen atoms in total. The summed E-state index contributed by atoms with van der Waals surface area (Å²) < 4.78 is 1.72. The van der Waals surface area contributed by atoms with Crippen molar-refractivity contribution < 1.29 is 4.79 Å². The molecule has 0 saturated carbocycles. The highest BCUT2D eigenvalue weighted by molar-refractivity contribution is 6.42. The lowest BCUT2D eigenvalue weighted by Gasteiger charge is -2.05. The molecule has 0 fully saturated rings. The second kappa shape index (κ2) is 4.39. The van der Waals surface area contributed by atoms with Crippen LogP contribution in [0, 0.1) is 6.92 Å². The standard InChI is InChI=1S/C11H9Cl2N3O/c1-6-15-10(11(14)17)5-16(6)7-2-3-8(12)9(13)4-7/h2-5H,1H3,(H2,14,17). The number of hydrogen-bond acceptors (Lipinski definition) is 2. The number of aryl methyl sites for hydroxylation is 1. The van der Waals surface area contributed by atoms with Crippen LogP contribution >= 0.6 is 23.2 Å². The maximum absolute atomic E-state index is 11.0. The van der Waals surface area contributed by atoms with E-state index in [0.717, 1.165) is 5.69 Å². The molecule has 2 rings (SSSR count). The van der Waals surface area contributed by atoms with Crippen molar-refractivity contribution in [3.8, 4) is 5.69 Å². The molecule has 2 N–H and O–H groups in total. The van der Waals surface area contributed by atoms with Crippen LogP contribution in [-0.2, 0) is 0 Å². The molecule has 0 bridgehead atoms. The van der Waals surface area contributed by atoms with Crippen LogP contribution in [0.5, 0.6) is 0 Å². The van der Waals surface area contributed by atoms with Crippen LogP contribution in [-0.4, -0.2) is 15.5 Å². The Labute approximate surface area is 108 Å². The molecule has 1 aromatic carbocycles. The molecular weight excluding hydrogens is 261 g/mol. The van der Waals surface area contributed by atoms with Gasteiger partial charge in [-0.15, -0.1) is 0 Å². The first kappa shape index (κ1) is 12.0. The molecular formula is C11H9Cl2N3O. The Bertz CT molecular complexity index is 592. The van der Waals surface area contributed by atoms with Crippen molar-refractivity contribution in [2.45, 2.75) is 6.92 Å². The summed E-state index contributed by atoms with van der Waals surface area (Å²) in [6.07, 6.45) is 1.57. The van der Waals surface area contributed by atoms with Gasteiger partial charge >= 0.3 is 0 Å². The van der Waals surface area contributed by atoms with Crippen molar-refractivity contribution in [3.63, 3.8) is 0 Å². The predicted molar refractivity (Wildman–Crippen MR) is 66.8 cm³/mol. The molecule has 0 atom stereocenters. The van der Waals surface area contributed by atoms with E-state index >= 15 is 0 Å². The van der Waals surface area contributed by atoms with E-state index in [4.69, 9.17) is 28.9 Å². The third kappa shape index (κ3) is 2.28. The summed E-state index contributed by atoms with van der Waals surface area (Å²) >= 11 is 11.8. The zero-order valence-electron chi connectivity index (χ0n) is 8.95. The van der Waals surface area contributed by atoms with Gasteiger partial charge in [-0.05, 0) is 25.1 Å². The summed E-state index contributed by atoms with van der Waals surface area (Å²) in [7, 11) is 0. The van der Waals surface area contributed by atoms with Gasteiger partial charge in [0.25, 0.3) is 5.91 Å². The Hall–Kier alpha value is -1.52. The molecule has 0 aliphatic rings. The van der Waals surface area contributed by atoms with Crippen LogP contribution in [0.4, 0.5) is 0 Å². The molecule has 0 spiro atoms. The number of carbonyl (C=O) groups is 1. The minimum absolute atomic E-state index is 0.216. The van der Waals surface area contributed by atoms with Crippen LogP contribution < -0.4 is 5.73 Å². The molecule has 0 radical (unpaired) electrons. The number of amides is 1. The van der Waals surface area contributed by atoms with Gasteiger partial charge < -0.3 is 10.3 Å². The van der Waals surface area contributed by atoms with Crippen molar-refractivity contribution in [1.82, 2.24) is 9.55 Å². The zero-order chi connectivity index (χ0) is 12.6. The molecule has 1 heterocycles. The van der Waals surface area contributed by atoms with Crippen LogP contribution in [0.2, 0.25) is 10.0 Å². The minimum atomic E-state index is -0.563. The molecule has 0 unspecified atom stereocenters. The fraction of sp³-hybridized carbons (Fsp3) is 0.0909. The van der Waals surface area contributed by atoms with E-state index in [1.54, 1.807) is 35.9 Å². The SMILES string of the molecule is Cc1nc(C(N)=O)cn1-c1ccc(Cl)c(Cl)c1. The third-order valence-corrected chi connectivity index (χ3v) is 3.06. The number of imidazole rings is 1. The van der Waals surface area contributed by atoms with Crippen molar-refractivity contribution in [2.24, 2.45) is 5.73 Å². The van der Waals surface area contributed by atoms with Gasteiger partial charge in [-0.2, -0.15) is 0 Å². The normalized spacial score (nSPS) is 10.5. The molecule has 0 saturated heterocycles. The Morgan fingerprint density at radius 3 is 2.59 bits per heavy atom. The molecule has 1 aromatic heterocycles. The number of carbonyl (C=O) groups excluding carboxylic acids is 1. The van der Waals surface area contributed by atoms with Crippen molar-refractivity contribution in [3.05, 3.63) is 46.0 Å². The summed E-state index contributed by atoms with van der Waals surface area (Å²) in [6, 6.07) is 5.17. The Kier molecular flexibility index (Phi) is 3.09. The van der Waals surface area contributed by atoms with Crippen LogP contribution in [0.15, 0.2) is 24.4 Å². The number of hydrogen-bond donors (Lipinski definition) is 1. The van der Waals surface area contributed by atoms with E-state index in [1.165, 1.54) is 0 Å². The topological polar surface area (TPSA) is 60.9 Å². The van der Waals surface area contributed by atoms with Gasteiger partial charge in [0.1, 0.15) is 11.5 Å². The lowest BCUT2D eigenvalue weighted by Crippen LogP contribution is -2.11. The molecule has 0 aliphatic heterocycles. The number of nitrogens with two attached hydrogens (primary N) is 1. The van der Waals surface area contributed by atoms with Crippen LogP contribution in [0.25, 0.3) is 5.69 Å². The molecule has 1 amide bonds. The number of nitrogens with zero attached hydrogens (tertiary/aromatic N) is 2. The fourth-order valence-corrected chi connectivity index (χ4v) is 1.78. The number of rotatable bonds is 2. The molecule has 2 aromatic rings. The van der Waals surface area contributed by atoms with E-state index in [-0.39, 0.29) is 5.69 Å². The minimum Gasteiger partial charge on any atom is -0.364 e. The zero-order valence-corrected chi connectivity index (χ0v) is 10.5. The van der Waals surface area contributed by atoms with E-state index in [9.17, 15) is 4.79 Å². The first-order valence-corrected chi connectivity index (χ1v) is 5.56. The van der Waals surface area contributed by atoms with Crippen molar-refractivity contribution >= 4 is 29.1 Å². The van der Waals surface area contributed by atoms with Gasteiger partial charge in [0.15, 0.2) is 0 Å². The monoisotopic (exact) mass is 269 g/mol. The Balaban J connectivity index is 2.52. The van der Waals surface area contributed by atoms with Gasteiger partial charge in [-0.1, -0.05) is 23.2 Å². The molecule has 6 heteroatoms. The maximum atomic E-state index is 11.0. The quantitative estimate of drug-likeness (QED) is 0.911. The van der Waals surface area contributed by atoms with E-state index in [1.807, 2.05) is 0 Å². The second-order valence-corrected chi connectivity index (χ2v) is 4.32. The Morgan fingerprint density at radius 1 is 1.35 bits per heavy atom. The predicted octanol–water partition coefficient (Wildman–Crippen LogP) is 2.59. The summed E-state index contributed by atoms with van der Waals surface area (Å²) in [4.78, 5) is 15.1. The van der Waals surface area contributed by atoms with Crippen LogP contribution in [0.3, 0.4) is 0 Å². The number of aromatic nitrogens is 2. The van der Waals surface area contributed by atoms with E-state index in [0.29, 0.717) is 15.9 Å². The highest BCUT2D eigenvalue weighted by Gasteiger charge is 2.10. The van der Waals surface area contributed by atoms with E-state index < -0.39 is 5.91 Å². The van der Waals surface area contributed by atoms with Gasteiger partial charge in [0.05, 0.1) is 10.0 Å². The van der Waals surface area contributed by atoms with Gasteiger partial charge in [-0.3, -0.25) is 4.79 Å². The van der Waals surface area contributed by atoms with Crippen LogP contribution in [0.1, 0.15) is 16.3 Å². The summed E-state index contributed by atoms with van der Waals surface area (Å²) in [5, 5.41) is 0.918. The maximum Gasteiger partial charge on any atom is 0.268 e. The first-order chi connectivity index (χ1) is 7.99. The van der Waals surface area contributed by atoms with Crippen molar-refractivity contribution in [1.29, 1.82) is 0 Å². The second-order valence-electron chi connectivity index (χ2n) is 3.51. The highest BCUT2D eigenvalue weighted by Crippen LogP contribution is 2.25. The molecule has 88 valence electrons. The van der Waals surface area contributed by atoms with E-state index in [2.05, 4.69) is 4.98 Å². The average Bonchev–Trinajstić information content (AvgIpc) is 2.65. The molecule has 17 heavy (non-hydrogen) atoms. The fourth-order valence-electron chi connectivity index (χ4n) is 1.49. The smallest absolute Gasteiger partial charge is 0.268 e. The number of halogens is 2. The summed E-state index contributed by atoms with van der Waals surface area (Å²) in [6.45, 7) is 1.77. The van der Waals surface area contributed by atoms with Crippen molar-refractivity contribution in [2.75, 3.05) is 0 Å². The highest BCUT2D eigenvalue weighted by atomic mass is 35.5. The third-order valence-electron chi connectivity index (χ3n) is 2.32. The lowest BCUT2D eigenvalue weighted by atomic mass is 10.3. The average molecular weight is 270 g/mol. The first-order valence-electron chi connectivity index (χ1n) is 4.80. The Morgan fingerprint density at radius 2 is 2.06 bits per heavy atom. The largest absolute Gasteiger partial charge is 0.364 e. The molecule has 0 aliphatic carbocycles. The summed E-state index contributed by atoms with van der Waals surface area (Å²) in [5.41, 5.74) is 6.16.